The summed E-state index contributed by atoms with van der Waals surface area (Å²) in [7, 11) is 0. The number of rotatable bonds is 6. The van der Waals surface area contributed by atoms with Gasteiger partial charge in [0.1, 0.15) is 18.4 Å². The molecule has 0 amide bonds. The molecular formula is C16H21NO2. The minimum atomic E-state index is -2.60. The molecule has 0 fully saturated rings. The largest absolute Gasteiger partial charge is 0.490 e. The normalized spacial score (nSPS) is 17.5. The molecule has 2 N–H and O–H groups in total. The lowest BCUT2D eigenvalue weighted by Gasteiger charge is -2.15. The molecule has 0 aliphatic heterocycles. The molecule has 3 heteroatoms. The SMILES string of the molecule is [2H]C([2H])(NC(C)C)C(O)C([2H])([2H])Oc1cccc2ccccc12. The van der Waals surface area contributed by atoms with Crippen molar-refractivity contribution in [2.24, 2.45) is 0 Å². The van der Waals surface area contributed by atoms with Crippen molar-refractivity contribution in [3.63, 3.8) is 0 Å². The molecule has 0 spiro atoms. The Kier molecular flexibility index (Phi) is 3.22. The van der Waals surface area contributed by atoms with Crippen molar-refractivity contribution >= 4 is 10.8 Å². The summed E-state index contributed by atoms with van der Waals surface area (Å²) in [6.07, 6.45) is -2.00. The Morgan fingerprint density at radius 2 is 1.95 bits per heavy atom. The van der Waals surface area contributed by atoms with Gasteiger partial charge in [-0.3, -0.25) is 0 Å². The van der Waals surface area contributed by atoms with E-state index >= 15 is 0 Å². The van der Waals surface area contributed by atoms with Crippen LogP contribution in [0.5, 0.6) is 5.75 Å². The Morgan fingerprint density at radius 1 is 1.21 bits per heavy atom. The molecule has 0 saturated carbocycles. The summed E-state index contributed by atoms with van der Waals surface area (Å²) < 4.78 is 36.9. The Hall–Kier alpha value is -1.58. The number of ether oxygens (including phenoxy) is 1. The highest BCUT2D eigenvalue weighted by Gasteiger charge is 2.07. The summed E-state index contributed by atoms with van der Waals surface area (Å²) in [5, 5.41) is 14.2. The first-order chi connectivity index (χ1) is 10.6. The maximum absolute atomic E-state index is 10.1. The molecule has 102 valence electrons. The molecular weight excluding hydrogens is 238 g/mol. The predicted octanol–water partition coefficient (Wildman–Crippen LogP) is 2.58. The molecule has 1 atom stereocenters. The van der Waals surface area contributed by atoms with Crippen LogP contribution in [0.2, 0.25) is 0 Å². The third-order valence-electron chi connectivity index (χ3n) is 2.54. The van der Waals surface area contributed by atoms with Gasteiger partial charge in [-0.15, -0.1) is 0 Å². The van der Waals surface area contributed by atoms with E-state index in [0.29, 0.717) is 5.39 Å². The average molecular weight is 263 g/mol. The molecule has 0 radical (unpaired) electrons. The first-order valence-electron chi connectivity index (χ1n) is 8.26. The van der Waals surface area contributed by atoms with Crippen LogP contribution < -0.4 is 10.1 Å². The average Bonchev–Trinajstić information content (AvgIpc) is 2.45. The van der Waals surface area contributed by atoms with Gasteiger partial charge in [0.15, 0.2) is 0 Å². The number of aliphatic hydroxyl groups excluding tert-OH is 1. The van der Waals surface area contributed by atoms with E-state index in [-0.39, 0.29) is 11.8 Å². The second-order valence-electron chi connectivity index (χ2n) is 4.54. The monoisotopic (exact) mass is 263 g/mol. The highest BCUT2D eigenvalue weighted by Crippen LogP contribution is 2.25. The number of benzene rings is 2. The smallest absolute Gasteiger partial charge is 0.127 e. The Morgan fingerprint density at radius 3 is 2.74 bits per heavy atom. The van der Waals surface area contributed by atoms with Crippen molar-refractivity contribution in [2.45, 2.75) is 26.0 Å². The molecule has 2 rings (SSSR count). The highest BCUT2D eigenvalue weighted by molar-refractivity contribution is 5.88. The lowest BCUT2D eigenvalue weighted by atomic mass is 10.1. The molecule has 0 aromatic heterocycles. The van der Waals surface area contributed by atoms with Gasteiger partial charge in [-0.25, -0.2) is 0 Å². The van der Waals surface area contributed by atoms with Crippen LogP contribution in [0, 0.1) is 0 Å². The molecule has 0 aliphatic rings. The highest BCUT2D eigenvalue weighted by atomic mass is 16.5. The van der Waals surface area contributed by atoms with Crippen molar-refractivity contribution in [1.82, 2.24) is 5.32 Å². The van der Waals surface area contributed by atoms with Gasteiger partial charge in [0.05, 0.1) is 2.74 Å². The summed E-state index contributed by atoms with van der Waals surface area (Å²) in [4.78, 5) is 0. The van der Waals surface area contributed by atoms with E-state index in [1.807, 2.05) is 18.2 Å². The number of aliphatic hydroxyl groups is 1. The van der Waals surface area contributed by atoms with Gasteiger partial charge in [0, 0.05) is 20.7 Å². The van der Waals surface area contributed by atoms with Crippen LogP contribution in [0.1, 0.15) is 19.3 Å². The molecule has 19 heavy (non-hydrogen) atoms. The van der Waals surface area contributed by atoms with Gasteiger partial charge in [-0.05, 0) is 11.5 Å². The van der Waals surface area contributed by atoms with Crippen molar-refractivity contribution in [3.8, 4) is 5.75 Å². The molecule has 0 saturated heterocycles. The van der Waals surface area contributed by atoms with Crippen molar-refractivity contribution in [1.29, 1.82) is 0 Å². The molecule has 3 nitrogen and oxygen atoms in total. The topological polar surface area (TPSA) is 41.5 Å². The molecule has 0 aliphatic carbocycles. The first-order valence-corrected chi connectivity index (χ1v) is 6.26. The van der Waals surface area contributed by atoms with E-state index in [0.717, 1.165) is 5.39 Å². The number of nitrogens with one attached hydrogen (secondary N) is 1. The fourth-order valence-corrected chi connectivity index (χ4v) is 1.68. The van der Waals surface area contributed by atoms with E-state index < -0.39 is 19.2 Å². The minimum absolute atomic E-state index is 0.256. The maximum Gasteiger partial charge on any atom is 0.127 e. The Balaban J connectivity index is 2.29. The summed E-state index contributed by atoms with van der Waals surface area (Å²) in [5.41, 5.74) is 0. The standard InChI is InChI=1S/C16H21NO2/c1-12(2)17-10-14(18)11-19-16-9-5-7-13-6-3-4-8-15(13)16/h3-9,12,14,17-18H,10-11H2,1-2H3/i10D2,11D2. The summed E-state index contributed by atoms with van der Waals surface area (Å²) in [6.45, 7) is -1.50. The first kappa shape index (κ1) is 9.34. The second-order valence-corrected chi connectivity index (χ2v) is 4.54. The van der Waals surface area contributed by atoms with Crippen LogP contribution in [0.15, 0.2) is 42.5 Å². The van der Waals surface area contributed by atoms with Crippen molar-refractivity contribution < 1.29 is 15.3 Å². The molecule has 2 aromatic rings. The van der Waals surface area contributed by atoms with Crippen LogP contribution in [0.3, 0.4) is 0 Å². The summed E-state index contributed by atoms with van der Waals surface area (Å²) in [6, 6.07) is 12.3. The Labute approximate surface area is 119 Å². The van der Waals surface area contributed by atoms with Crippen LogP contribution in [0.25, 0.3) is 10.8 Å². The van der Waals surface area contributed by atoms with E-state index in [2.05, 4.69) is 5.32 Å². The zero-order valence-electron chi connectivity index (χ0n) is 15.1. The molecule has 0 bridgehead atoms. The van der Waals surface area contributed by atoms with E-state index in [9.17, 15) is 5.11 Å². The minimum Gasteiger partial charge on any atom is -0.490 e. The van der Waals surface area contributed by atoms with Crippen molar-refractivity contribution in [2.75, 3.05) is 13.1 Å². The van der Waals surface area contributed by atoms with Gasteiger partial charge in [0.25, 0.3) is 0 Å². The number of hydrogen-bond donors (Lipinski definition) is 2. The van der Waals surface area contributed by atoms with Crippen molar-refractivity contribution in [3.05, 3.63) is 42.5 Å². The predicted molar refractivity (Wildman–Crippen MR) is 78.6 cm³/mol. The van der Waals surface area contributed by atoms with E-state index in [1.165, 1.54) is 0 Å². The van der Waals surface area contributed by atoms with Crippen LogP contribution in [-0.2, 0) is 0 Å². The lowest BCUT2D eigenvalue weighted by molar-refractivity contribution is 0.105. The van der Waals surface area contributed by atoms with Gasteiger partial charge in [0.2, 0.25) is 0 Å². The third-order valence-corrected chi connectivity index (χ3v) is 2.54. The number of hydrogen-bond acceptors (Lipinski definition) is 3. The third kappa shape index (κ3) is 3.94. The fraction of sp³-hybridized carbons (Fsp3) is 0.375. The van der Waals surface area contributed by atoms with E-state index in [1.54, 1.807) is 38.1 Å². The van der Waals surface area contributed by atoms with Crippen LogP contribution in [0.4, 0.5) is 0 Å². The van der Waals surface area contributed by atoms with Gasteiger partial charge < -0.3 is 15.2 Å². The maximum atomic E-state index is 10.1. The fourth-order valence-electron chi connectivity index (χ4n) is 1.68. The zero-order valence-corrected chi connectivity index (χ0v) is 11.1. The molecule has 1 unspecified atom stereocenters. The second kappa shape index (κ2) is 6.55. The van der Waals surface area contributed by atoms with Gasteiger partial charge >= 0.3 is 0 Å². The Bertz CT molecular complexity index is 671. The lowest BCUT2D eigenvalue weighted by Crippen LogP contribution is -2.35. The zero-order chi connectivity index (χ0) is 17.3. The van der Waals surface area contributed by atoms with Crippen LogP contribution in [-0.4, -0.2) is 30.3 Å². The molecule has 0 heterocycles. The summed E-state index contributed by atoms with van der Waals surface area (Å²) >= 11 is 0. The summed E-state index contributed by atoms with van der Waals surface area (Å²) in [5.74, 6) is 0.257. The van der Waals surface area contributed by atoms with E-state index in [4.69, 9.17) is 10.2 Å². The van der Waals surface area contributed by atoms with Gasteiger partial charge in [-0.2, -0.15) is 0 Å². The molecule has 2 aromatic carbocycles. The van der Waals surface area contributed by atoms with Crippen LogP contribution >= 0.6 is 0 Å². The van der Waals surface area contributed by atoms with Gasteiger partial charge in [-0.1, -0.05) is 50.2 Å². The quantitative estimate of drug-likeness (QED) is 0.841. The number of fused-ring (bicyclic) bond motifs is 1.